The topological polar surface area (TPSA) is 27.0 Å². The molecule has 41 valence electrons. The molecule has 0 aliphatic carbocycles. The van der Waals surface area contributed by atoms with Gasteiger partial charge in [-0.2, -0.15) is 0 Å². The van der Waals surface area contributed by atoms with Gasteiger partial charge in [0.2, 0.25) is 0 Å². The van der Waals surface area contributed by atoms with E-state index in [2.05, 4.69) is 9.97 Å². The maximum absolute atomic E-state index is 3.81. The van der Waals surface area contributed by atoms with Crippen molar-refractivity contribution in [3.63, 3.8) is 0 Å². The molecule has 2 nitrogen and oxygen atoms in total. The molecule has 3 heteroatoms. The van der Waals surface area contributed by atoms with E-state index in [0.29, 0.717) is 0 Å². The SMILES string of the molecule is Cc1ncc[n-]1.[Ir]. The molecule has 0 amide bonds. The molecule has 0 saturated heterocycles. The van der Waals surface area contributed by atoms with Crippen LogP contribution in [-0.2, 0) is 20.1 Å². The minimum atomic E-state index is 0. The van der Waals surface area contributed by atoms with Crippen LogP contribution in [0.4, 0.5) is 0 Å². The van der Waals surface area contributed by atoms with Gasteiger partial charge in [-0.25, -0.2) is 0 Å². The van der Waals surface area contributed by atoms with E-state index < -0.39 is 0 Å². The predicted octanol–water partition coefficient (Wildman–Crippen LogP) is 0.345. The Morgan fingerprint density at radius 1 is 1.71 bits per heavy atom. The van der Waals surface area contributed by atoms with Crippen molar-refractivity contribution in [1.82, 2.24) is 9.97 Å². The fourth-order valence-corrected chi connectivity index (χ4v) is 0.316. The van der Waals surface area contributed by atoms with Crippen LogP contribution in [0.25, 0.3) is 0 Å². The summed E-state index contributed by atoms with van der Waals surface area (Å²) in [5.41, 5.74) is 0. The molecule has 0 aromatic carbocycles. The Kier molecular flexibility index (Phi) is 2.88. The van der Waals surface area contributed by atoms with Gasteiger partial charge in [0.1, 0.15) is 0 Å². The second-order valence-corrected chi connectivity index (χ2v) is 1.10. The quantitative estimate of drug-likeness (QED) is 0.682. The van der Waals surface area contributed by atoms with E-state index in [1.54, 1.807) is 12.4 Å². The van der Waals surface area contributed by atoms with E-state index in [9.17, 15) is 0 Å². The Morgan fingerprint density at radius 3 is 2.57 bits per heavy atom. The summed E-state index contributed by atoms with van der Waals surface area (Å²) in [6.07, 6.45) is 3.35. The smallest absolute Gasteiger partial charge is 0 e. The summed E-state index contributed by atoms with van der Waals surface area (Å²) in [4.78, 5) is 7.61. The third-order valence-electron chi connectivity index (χ3n) is 0.589. The van der Waals surface area contributed by atoms with Crippen molar-refractivity contribution in [3.05, 3.63) is 18.2 Å². The van der Waals surface area contributed by atoms with Gasteiger partial charge in [0.15, 0.2) is 0 Å². The fourth-order valence-electron chi connectivity index (χ4n) is 0.316. The molecule has 0 unspecified atom stereocenters. The summed E-state index contributed by atoms with van der Waals surface area (Å²) < 4.78 is 0. The van der Waals surface area contributed by atoms with Gasteiger partial charge in [-0.15, -0.1) is 0 Å². The molecule has 1 rings (SSSR count). The maximum atomic E-state index is 3.81. The molecule has 0 aliphatic rings. The van der Waals surface area contributed by atoms with Crippen molar-refractivity contribution >= 4 is 0 Å². The minimum absolute atomic E-state index is 0. The third kappa shape index (κ3) is 1.85. The van der Waals surface area contributed by atoms with Crippen LogP contribution in [0, 0.1) is 6.92 Å². The number of nitrogens with zero attached hydrogens (tertiary/aromatic N) is 2. The second kappa shape index (κ2) is 2.94. The minimum Gasteiger partial charge on any atom is -0.447 e. The van der Waals surface area contributed by atoms with Crippen LogP contribution in [-0.4, -0.2) is 4.98 Å². The van der Waals surface area contributed by atoms with E-state index in [1.165, 1.54) is 0 Å². The number of hydrogen-bond donors (Lipinski definition) is 0. The third-order valence-corrected chi connectivity index (χ3v) is 0.589. The van der Waals surface area contributed by atoms with Gasteiger partial charge in [0, 0.05) is 20.1 Å². The Hall–Kier alpha value is -0.141. The van der Waals surface area contributed by atoms with Crippen molar-refractivity contribution < 1.29 is 20.1 Å². The zero-order valence-corrected chi connectivity index (χ0v) is 6.28. The number of rotatable bonds is 0. The van der Waals surface area contributed by atoms with Crippen LogP contribution in [0.1, 0.15) is 5.82 Å². The molecule has 1 heterocycles. The molecular weight excluding hydrogens is 268 g/mol. The Balaban J connectivity index is 0.000000360. The molecule has 1 aromatic heterocycles. The van der Waals surface area contributed by atoms with Crippen LogP contribution in [0.5, 0.6) is 0 Å². The average molecular weight is 273 g/mol. The molecule has 7 heavy (non-hydrogen) atoms. The summed E-state index contributed by atoms with van der Waals surface area (Å²) >= 11 is 0. The molecule has 1 aromatic rings. The number of aryl methyl sites for hydroxylation is 1. The van der Waals surface area contributed by atoms with Gasteiger partial charge in [0.05, 0.1) is 0 Å². The van der Waals surface area contributed by atoms with E-state index in [1.807, 2.05) is 6.92 Å². The summed E-state index contributed by atoms with van der Waals surface area (Å²) in [7, 11) is 0. The first-order valence-electron chi connectivity index (χ1n) is 1.80. The molecule has 1 radical (unpaired) electrons. The summed E-state index contributed by atoms with van der Waals surface area (Å²) in [6.45, 7) is 1.86. The van der Waals surface area contributed by atoms with Gasteiger partial charge in [-0.05, 0) is 6.92 Å². The first-order valence-corrected chi connectivity index (χ1v) is 1.80. The maximum Gasteiger partial charge on any atom is 0 e. The van der Waals surface area contributed by atoms with Gasteiger partial charge < -0.3 is 9.97 Å². The van der Waals surface area contributed by atoms with Crippen LogP contribution in [0.15, 0.2) is 12.4 Å². The molecule has 0 fully saturated rings. The van der Waals surface area contributed by atoms with Gasteiger partial charge >= 0.3 is 0 Å². The zero-order chi connectivity index (χ0) is 4.41. The van der Waals surface area contributed by atoms with E-state index in [-0.39, 0.29) is 20.1 Å². The normalized spacial score (nSPS) is 7.57. The van der Waals surface area contributed by atoms with Crippen molar-refractivity contribution in [1.29, 1.82) is 0 Å². The molecule has 0 N–H and O–H groups in total. The zero-order valence-electron chi connectivity index (χ0n) is 3.88. The molecule has 0 aliphatic heterocycles. The molecule has 0 spiro atoms. The molecule has 0 saturated carbocycles. The number of imidazole rings is 1. The Bertz CT molecular complexity index is 113. The molecule has 0 atom stereocenters. The Morgan fingerprint density at radius 2 is 2.43 bits per heavy atom. The van der Waals surface area contributed by atoms with Crippen molar-refractivity contribution in [3.8, 4) is 0 Å². The van der Waals surface area contributed by atoms with Crippen molar-refractivity contribution in [2.24, 2.45) is 0 Å². The van der Waals surface area contributed by atoms with Crippen LogP contribution >= 0.6 is 0 Å². The first-order chi connectivity index (χ1) is 2.89. The summed E-state index contributed by atoms with van der Waals surface area (Å²) in [6, 6.07) is 0. The largest absolute Gasteiger partial charge is 0.447 e. The standard InChI is InChI=1S/C4H5N2.Ir/c1-4-5-2-3-6-4;/h2-3H,1H3;/q-1;. The van der Waals surface area contributed by atoms with Crippen molar-refractivity contribution in [2.45, 2.75) is 6.92 Å². The second-order valence-electron chi connectivity index (χ2n) is 1.10. The van der Waals surface area contributed by atoms with Gasteiger partial charge in [0.25, 0.3) is 0 Å². The van der Waals surface area contributed by atoms with Crippen molar-refractivity contribution in [2.75, 3.05) is 0 Å². The van der Waals surface area contributed by atoms with Gasteiger partial charge in [-0.3, -0.25) is 0 Å². The molecular formula is C4H5IrN2-. The van der Waals surface area contributed by atoms with E-state index >= 15 is 0 Å². The summed E-state index contributed by atoms with van der Waals surface area (Å²) in [5.74, 6) is 0.843. The van der Waals surface area contributed by atoms with Crippen LogP contribution in [0.2, 0.25) is 0 Å². The van der Waals surface area contributed by atoms with Crippen LogP contribution in [0.3, 0.4) is 0 Å². The number of aromatic nitrogens is 2. The fraction of sp³-hybridized carbons (Fsp3) is 0.250. The predicted molar refractivity (Wildman–Crippen MR) is 22.3 cm³/mol. The monoisotopic (exact) mass is 274 g/mol. The molecule has 0 bridgehead atoms. The summed E-state index contributed by atoms with van der Waals surface area (Å²) in [5, 5.41) is 0. The first kappa shape index (κ1) is 6.86. The van der Waals surface area contributed by atoms with E-state index in [0.717, 1.165) is 5.82 Å². The van der Waals surface area contributed by atoms with E-state index in [4.69, 9.17) is 0 Å². The van der Waals surface area contributed by atoms with Crippen LogP contribution < -0.4 is 4.98 Å². The Labute approximate surface area is 55.7 Å². The average Bonchev–Trinajstić information content (AvgIpc) is 1.86. The number of hydrogen-bond acceptors (Lipinski definition) is 1. The van der Waals surface area contributed by atoms with Gasteiger partial charge in [-0.1, -0.05) is 18.2 Å².